The summed E-state index contributed by atoms with van der Waals surface area (Å²) in [6.45, 7) is 3.92. The molecule has 0 aliphatic rings. The van der Waals surface area contributed by atoms with Crippen molar-refractivity contribution in [2.24, 2.45) is 0 Å². The van der Waals surface area contributed by atoms with E-state index in [4.69, 9.17) is 5.73 Å². The molecule has 1 aromatic heterocycles. The fourth-order valence-electron chi connectivity index (χ4n) is 1.93. The molecule has 2 rings (SSSR count). The van der Waals surface area contributed by atoms with Gasteiger partial charge in [0.2, 0.25) is 0 Å². The molecule has 17 heavy (non-hydrogen) atoms. The Bertz CT molecular complexity index is 531. The first-order chi connectivity index (χ1) is 8.13. The third kappa shape index (κ3) is 2.16. The molecule has 0 unspecified atom stereocenters. The Kier molecular flexibility index (Phi) is 3.13. The van der Waals surface area contributed by atoms with Gasteiger partial charge in [-0.1, -0.05) is 19.4 Å². The number of nitrogens with zero attached hydrogens (tertiary/aromatic N) is 1. The number of anilines is 1. The molecule has 1 aromatic carbocycles. The molecule has 3 nitrogen and oxygen atoms in total. The molecule has 0 bridgehead atoms. The summed E-state index contributed by atoms with van der Waals surface area (Å²) < 4.78 is 13.9. The molecule has 0 amide bonds. The van der Waals surface area contributed by atoms with E-state index in [-0.39, 0.29) is 5.82 Å². The third-order valence-corrected chi connectivity index (χ3v) is 2.79. The highest BCUT2D eigenvalue weighted by atomic mass is 19.1. The van der Waals surface area contributed by atoms with E-state index in [9.17, 15) is 4.39 Å². The van der Waals surface area contributed by atoms with E-state index in [1.165, 1.54) is 6.07 Å². The number of nitrogens with two attached hydrogens (primary N) is 1. The maximum Gasteiger partial charge on any atom is 0.149 e. The number of hydrogen-bond donors (Lipinski definition) is 2. The quantitative estimate of drug-likeness (QED) is 0.856. The number of nitrogens with one attached hydrogen (secondary N) is 1. The smallest absolute Gasteiger partial charge is 0.149 e. The molecule has 0 aliphatic heterocycles. The molecule has 0 fully saturated rings. The van der Waals surface area contributed by atoms with Gasteiger partial charge in [-0.15, -0.1) is 0 Å². The van der Waals surface area contributed by atoms with Crippen molar-refractivity contribution in [3.8, 4) is 11.3 Å². The molecule has 4 heteroatoms. The van der Waals surface area contributed by atoms with Gasteiger partial charge in [-0.25, -0.2) is 4.39 Å². The summed E-state index contributed by atoms with van der Waals surface area (Å²) in [6, 6.07) is 5.16. The number of aromatic nitrogens is 2. The highest BCUT2D eigenvalue weighted by molar-refractivity contribution is 5.68. The van der Waals surface area contributed by atoms with Crippen LogP contribution >= 0.6 is 0 Å². The molecule has 0 atom stereocenters. The second-order valence-corrected chi connectivity index (χ2v) is 4.20. The fraction of sp³-hybridized carbons (Fsp3) is 0.308. The van der Waals surface area contributed by atoms with E-state index in [2.05, 4.69) is 17.1 Å². The first kappa shape index (κ1) is 11.6. The predicted molar refractivity (Wildman–Crippen MR) is 67.1 cm³/mol. The summed E-state index contributed by atoms with van der Waals surface area (Å²) in [5.74, 6) is 0.216. The molecule has 0 saturated carbocycles. The van der Waals surface area contributed by atoms with Gasteiger partial charge in [0.15, 0.2) is 0 Å². The number of H-pyrrole nitrogens is 1. The Morgan fingerprint density at radius 1 is 1.41 bits per heavy atom. The SMILES string of the molecule is CCCc1c(N)n[nH]c1-c1ccc(C)cc1F. The van der Waals surface area contributed by atoms with Crippen molar-refractivity contribution in [3.05, 3.63) is 35.1 Å². The zero-order valence-corrected chi connectivity index (χ0v) is 10.0. The highest BCUT2D eigenvalue weighted by Gasteiger charge is 2.14. The number of aromatic amines is 1. The lowest BCUT2D eigenvalue weighted by Crippen LogP contribution is -1.94. The van der Waals surface area contributed by atoms with Crippen LogP contribution in [-0.4, -0.2) is 10.2 Å². The minimum Gasteiger partial charge on any atom is -0.382 e. The molecule has 0 saturated heterocycles. The van der Waals surface area contributed by atoms with Crippen molar-refractivity contribution in [1.82, 2.24) is 10.2 Å². The maximum absolute atomic E-state index is 13.9. The average molecular weight is 233 g/mol. The fourth-order valence-corrected chi connectivity index (χ4v) is 1.93. The van der Waals surface area contributed by atoms with Crippen molar-refractivity contribution in [1.29, 1.82) is 0 Å². The van der Waals surface area contributed by atoms with E-state index in [1.807, 2.05) is 13.0 Å². The lowest BCUT2D eigenvalue weighted by atomic mass is 10.0. The third-order valence-electron chi connectivity index (χ3n) is 2.79. The first-order valence-corrected chi connectivity index (χ1v) is 5.72. The Hall–Kier alpha value is -1.84. The summed E-state index contributed by atoms with van der Waals surface area (Å²) in [6.07, 6.45) is 1.75. The van der Waals surface area contributed by atoms with Gasteiger partial charge in [0.05, 0.1) is 5.69 Å². The molecule has 2 aromatic rings. The Labute approximate surface area is 99.9 Å². The lowest BCUT2D eigenvalue weighted by Gasteiger charge is -2.05. The summed E-state index contributed by atoms with van der Waals surface area (Å²) in [7, 11) is 0. The zero-order valence-electron chi connectivity index (χ0n) is 10.0. The van der Waals surface area contributed by atoms with Gasteiger partial charge < -0.3 is 5.73 Å². The zero-order chi connectivity index (χ0) is 12.4. The summed E-state index contributed by atoms with van der Waals surface area (Å²) in [5.41, 5.74) is 8.80. The van der Waals surface area contributed by atoms with Crippen LogP contribution in [0.3, 0.4) is 0 Å². The number of aryl methyl sites for hydroxylation is 1. The Balaban J connectivity index is 2.52. The Morgan fingerprint density at radius 3 is 2.82 bits per heavy atom. The minimum atomic E-state index is -0.244. The molecule has 90 valence electrons. The van der Waals surface area contributed by atoms with Gasteiger partial charge in [0.1, 0.15) is 11.6 Å². The molecule has 0 aliphatic carbocycles. The number of halogens is 1. The van der Waals surface area contributed by atoms with Crippen LogP contribution in [0.4, 0.5) is 10.2 Å². The van der Waals surface area contributed by atoms with Gasteiger partial charge in [0.25, 0.3) is 0 Å². The molecular weight excluding hydrogens is 217 g/mol. The number of rotatable bonds is 3. The monoisotopic (exact) mass is 233 g/mol. The normalized spacial score (nSPS) is 10.8. The minimum absolute atomic E-state index is 0.244. The molecule has 1 heterocycles. The van der Waals surface area contributed by atoms with Crippen LogP contribution in [-0.2, 0) is 6.42 Å². The van der Waals surface area contributed by atoms with Crippen LogP contribution in [0.15, 0.2) is 18.2 Å². The van der Waals surface area contributed by atoms with Crippen LogP contribution < -0.4 is 5.73 Å². The topological polar surface area (TPSA) is 54.7 Å². The highest BCUT2D eigenvalue weighted by Crippen LogP contribution is 2.28. The van der Waals surface area contributed by atoms with Crippen molar-refractivity contribution in [2.75, 3.05) is 5.73 Å². The van der Waals surface area contributed by atoms with E-state index >= 15 is 0 Å². The molecule has 0 spiro atoms. The van der Waals surface area contributed by atoms with Gasteiger partial charge in [-0.3, -0.25) is 5.10 Å². The van der Waals surface area contributed by atoms with Gasteiger partial charge in [0, 0.05) is 11.1 Å². The summed E-state index contributed by atoms with van der Waals surface area (Å²) in [4.78, 5) is 0. The van der Waals surface area contributed by atoms with E-state index in [1.54, 1.807) is 6.07 Å². The van der Waals surface area contributed by atoms with E-state index in [0.29, 0.717) is 17.1 Å². The van der Waals surface area contributed by atoms with Crippen LogP contribution in [0, 0.1) is 12.7 Å². The number of benzene rings is 1. The number of hydrogen-bond acceptors (Lipinski definition) is 2. The second kappa shape index (κ2) is 4.57. The van der Waals surface area contributed by atoms with Crippen molar-refractivity contribution in [2.45, 2.75) is 26.7 Å². The standard InChI is InChI=1S/C13H16FN3/c1-3-4-10-12(16-17-13(10)15)9-6-5-8(2)7-11(9)14/h5-7H,3-4H2,1-2H3,(H3,15,16,17). The van der Waals surface area contributed by atoms with E-state index < -0.39 is 0 Å². The van der Waals surface area contributed by atoms with Crippen molar-refractivity contribution < 1.29 is 4.39 Å². The van der Waals surface area contributed by atoms with Crippen LogP contribution in [0.5, 0.6) is 0 Å². The summed E-state index contributed by atoms with van der Waals surface area (Å²) in [5, 5.41) is 6.78. The second-order valence-electron chi connectivity index (χ2n) is 4.20. The van der Waals surface area contributed by atoms with Crippen LogP contribution in [0.25, 0.3) is 11.3 Å². The largest absolute Gasteiger partial charge is 0.382 e. The van der Waals surface area contributed by atoms with E-state index in [0.717, 1.165) is 24.0 Å². The van der Waals surface area contributed by atoms with Gasteiger partial charge >= 0.3 is 0 Å². The first-order valence-electron chi connectivity index (χ1n) is 5.72. The van der Waals surface area contributed by atoms with Gasteiger partial charge in [-0.05, 0) is 31.0 Å². The molecular formula is C13H16FN3. The summed E-state index contributed by atoms with van der Waals surface area (Å²) >= 11 is 0. The number of nitrogen functional groups attached to an aromatic ring is 1. The molecule has 3 N–H and O–H groups in total. The Morgan fingerprint density at radius 2 is 2.18 bits per heavy atom. The maximum atomic E-state index is 13.9. The molecule has 0 radical (unpaired) electrons. The predicted octanol–water partition coefficient (Wildman–Crippen LogP) is 3.06. The van der Waals surface area contributed by atoms with Crippen molar-refractivity contribution in [3.63, 3.8) is 0 Å². The van der Waals surface area contributed by atoms with Gasteiger partial charge in [-0.2, -0.15) is 5.10 Å². The van der Waals surface area contributed by atoms with Crippen LogP contribution in [0.1, 0.15) is 24.5 Å². The van der Waals surface area contributed by atoms with Crippen LogP contribution in [0.2, 0.25) is 0 Å². The average Bonchev–Trinajstić information content (AvgIpc) is 2.62. The lowest BCUT2D eigenvalue weighted by molar-refractivity contribution is 0.629. The van der Waals surface area contributed by atoms with Crippen molar-refractivity contribution >= 4 is 5.82 Å².